The van der Waals surface area contributed by atoms with Gasteiger partial charge in [0.05, 0.1) is 12.2 Å². The topological polar surface area (TPSA) is 48.9 Å². The largest absolute Gasteiger partial charge is 0.485 e. The van der Waals surface area contributed by atoms with Gasteiger partial charge in [-0.25, -0.2) is 4.99 Å². The van der Waals surface area contributed by atoms with E-state index >= 15 is 0 Å². The van der Waals surface area contributed by atoms with Gasteiger partial charge in [0.1, 0.15) is 23.9 Å². The van der Waals surface area contributed by atoms with Gasteiger partial charge in [-0.1, -0.05) is 145 Å². The predicted molar refractivity (Wildman–Crippen MR) is 253 cm³/mol. The molecule has 5 nitrogen and oxygen atoms in total. The summed E-state index contributed by atoms with van der Waals surface area (Å²) in [5.74, 6) is 3.67. The molecular weight excluding hydrogens is 757 g/mol. The summed E-state index contributed by atoms with van der Waals surface area (Å²) >= 11 is 0. The molecule has 0 amide bonds. The number of hydrogen-bond acceptors (Lipinski definition) is 5. The lowest BCUT2D eigenvalue weighted by atomic mass is 9.72. The zero-order chi connectivity index (χ0) is 41.0. The smallest absolute Gasteiger partial charge is 0.131 e. The lowest BCUT2D eigenvalue weighted by molar-refractivity contribution is 0.173. The Morgan fingerprint density at radius 3 is 2.45 bits per heavy atom. The fourth-order valence-electron chi connectivity index (χ4n) is 12.0. The van der Waals surface area contributed by atoms with E-state index in [0.29, 0.717) is 17.8 Å². The molecular formula is C57H56N4O. The summed E-state index contributed by atoms with van der Waals surface area (Å²) in [4.78, 5) is 8.15. The van der Waals surface area contributed by atoms with Gasteiger partial charge < -0.3 is 15.0 Å². The highest BCUT2D eigenvalue weighted by molar-refractivity contribution is 5.99. The second-order valence-electron chi connectivity index (χ2n) is 18.6. The predicted octanol–water partition coefficient (Wildman–Crippen LogP) is 12.1. The number of fused-ring (bicyclic) bond motifs is 6. The summed E-state index contributed by atoms with van der Waals surface area (Å²) in [6.45, 7) is 0. The van der Waals surface area contributed by atoms with E-state index < -0.39 is 0 Å². The van der Waals surface area contributed by atoms with Crippen LogP contribution >= 0.6 is 0 Å². The molecule has 0 saturated carbocycles. The van der Waals surface area contributed by atoms with E-state index in [0.717, 1.165) is 36.4 Å². The minimum Gasteiger partial charge on any atom is -0.485 e. The standard InChI is InChI=1S/C57H56N4O/c1-5-16-37(17-6-1)40-22-15-23-41(34-40)42-28-30-45(47(35-42)57-59-55(38-18-7-2-8-19-38)58-56(60-57)39-20-9-3-10-21-39)43-29-32-51-48(36-43)54-52(62-51)33-31-50-53(54)46-26-13-14-27-49(46)61(50)44-24-11-4-12-25-44/h1-2,4-5,7-9,11-14,16,18-20,24-34,36,39-40,42,48,50-51,53,56-57,60H,3,6,10,15,17,21-23,35H2,(H,58,59). The van der Waals surface area contributed by atoms with Crippen LogP contribution in [0.4, 0.5) is 11.4 Å². The number of hydrogen-bond donors (Lipinski definition) is 2. The summed E-state index contributed by atoms with van der Waals surface area (Å²) in [5.41, 5.74) is 13.7. The molecule has 3 aliphatic heterocycles. The normalized spacial score (nSPS) is 31.9. The Hall–Kier alpha value is -5.91. The zero-order valence-corrected chi connectivity index (χ0v) is 35.5. The third-order valence-corrected chi connectivity index (χ3v) is 15.0. The van der Waals surface area contributed by atoms with E-state index in [2.05, 4.69) is 179 Å². The number of para-hydroxylation sites is 2. The average molecular weight is 813 g/mol. The molecule has 310 valence electrons. The molecule has 0 spiro atoms. The van der Waals surface area contributed by atoms with Gasteiger partial charge in [0, 0.05) is 40.6 Å². The van der Waals surface area contributed by atoms with Crippen molar-refractivity contribution in [3.8, 4) is 0 Å². The van der Waals surface area contributed by atoms with Crippen molar-refractivity contribution in [1.29, 1.82) is 0 Å². The molecule has 0 aromatic heterocycles. The fourth-order valence-corrected chi connectivity index (χ4v) is 12.0. The molecule has 9 aliphatic rings. The van der Waals surface area contributed by atoms with Crippen LogP contribution in [0.1, 0.15) is 74.8 Å². The second-order valence-corrected chi connectivity index (χ2v) is 18.6. The number of ether oxygens (including phenoxy) is 1. The van der Waals surface area contributed by atoms with Gasteiger partial charge in [0.2, 0.25) is 0 Å². The van der Waals surface area contributed by atoms with E-state index in [9.17, 15) is 0 Å². The van der Waals surface area contributed by atoms with E-state index in [1.165, 1.54) is 77.8 Å². The second kappa shape index (κ2) is 16.1. The van der Waals surface area contributed by atoms with Crippen molar-refractivity contribution >= 4 is 17.2 Å². The number of nitrogens with one attached hydrogen (secondary N) is 2. The number of rotatable bonds is 7. The van der Waals surface area contributed by atoms with Crippen molar-refractivity contribution in [1.82, 2.24) is 10.6 Å². The first-order valence-electron chi connectivity index (χ1n) is 23.5. The van der Waals surface area contributed by atoms with Crippen LogP contribution in [-0.2, 0) is 4.74 Å². The highest BCUT2D eigenvalue weighted by atomic mass is 16.5. The van der Waals surface area contributed by atoms with Crippen molar-refractivity contribution in [3.63, 3.8) is 0 Å². The zero-order valence-electron chi connectivity index (χ0n) is 35.5. The molecule has 9 atom stereocenters. The number of benzene rings is 3. The van der Waals surface area contributed by atoms with Crippen LogP contribution in [0.25, 0.3) is 0 Å². The Kier molecular flexibility index (Phi) is 9.81. The molecule has 0 bridgehead atoms. The summed E-state index contributed by atoms with van der Waals surface area (Å²) in [7, 11) is 0. The molecule has 3 aromatic carbocycles. The van der Waals surface area contributed by atoms with Crippen LogP contribution in [0.3, 0.4) is 0 Å². The lowest BCUT2D eigenvalue weighted by Crippen LogP contribution is -2.58. The van der Waals surface area contributed by atoms with Crippen molar-refractivity contribution in [2.45, 2.75) is 88.2 Å². The minimum absolute atomic E-state index is 0.0232. The minimum atomic E-state index is -0.162. The molecule has 12 rings (SSSR count). The van der Waals surface area contributed by atoms with Gasteiger partial charge in [0.25, 0.3) is 0 Å². The van der Waals surface area contributed by atoms with E-state index in [4.69, 9.17) is 9.73 Å². The number of aliphatic imine (C=N–C) groups is 1. The molecule has 0 saturated heterocycles. The molecule has 0 fully saturated rings. The number of nitrogens with zero attached hydrogens (tertiary/aromatic N) is 2. The van der Waals surface area contributed by atoms with Crippen LogP contribution in [0.5, 0.6) is 0 Å². The quantitative estimate of drug-likeness (QED) is 0.233. The molecule has 5 heteroatoms. The van der Waals surface area contributed by atoms with Crippen molar-refractivity contribution in [2.24, 2.45) is 28.7 Å². The first kappa shape index (κ1) is 37.8. The Bertz CT molecular complexity index is 2600. The molecule has 2 N–H and O–H groups in total. The summed E-state index contributed by atoms with van der Waals surface area (Å²) in [6.07, 6.45) is 41.8. The highest BCUT2D eigenvalue weighted by Crippen LogP contribution is 2.56. The maximum absolute atomic E-state index is 6.86. The van der Waals surface area contributed by atoms with E-state index in [1.807, 2.05) is 0 Å². The van der Waals surface area contributed by atoms with Gasteiger partial charge >= 0.3 is 0 Å². The van der Waals surface area contributed by atoms with Crippen LogP contribution in [-0.4, -0.2) is 30.3 Å². The molecule has 3 heterocycles. The number of amidine groups is 1. The monoisotopic (exact) mass is 812 g/mol. The van der Waals surface area contributed by atoms with Crippen LogP contribution < -0.4 is 15.5 Å². The van der Waals surface area contributed by atoms with Gasteiger partial charge in [-0.2, -0.15) is 0 Å². The summed E-state index contributed by atoms with van der Waals surface area (Å²) in [5, 5.41) is 8.01. The molecule has 62 heavy (non-hydrogen) atoms. The SMILES string of the molecule is C1=CCCC(C2C=C(C3C=CC(C4=CC5C6=C(C=CC7C6c6ccccc6N7c6ccccc6)OC5C=C4)=C(C4N=C(c5ccccc5)NC(C5C=CCCC5)N4)C3)CCC2)=C1. The molecule has 9 unspecified atom stereocenters. The molecule has 0 radical (unpaired) electrons. The van der Waals surface area contributed by atoms with Crippen molar-refractivity contribution in [3.05, 3.63) is 214 Å². The van der Waals surface area contributed by atoms with Gasteiger partial charge in [-0.15, -0.1) is 0 Å². The fraction of sp³-hybridized carbons (Fsp3) is 0.316. The number of anilines is 2. The Morgan fingerprint density at radius 2 is 1.60 bits per heavy atom. The molecule has 6 aliphatic carbocycles. The summed E-state index contributed by atoms with van der Waals surface area (Å²) in [6, 6.07) is 30.9. The third-order valence-electron chi connectivity index (χ3n) is 15.0. The Balaban J connectivity index is 0.947. The lowest BCUT2D eigenvalue weighted by Gasteiger charge is -2.39. The van der Waals surface area contributed by atoms with Crippen molar-refractivity contribution < 1.29 is 4.74 Å². The van der Waals surface area contributed by atoms with Crippen molar-refractivity contribution in [2.75, 3.05) is 4.90 Å². The maximum atomic E-state index is 6.86. The highest BCUT2D eigenvalue weighted by Gasteiger charge is 2.49. The molecule has 3 aromatic rings. The first-order valence-corrected chi connectivity index (χ1v) is 23.5. The Labute approximate surface area is 367 Å². The number of allylic oxidation sites excluding steroid dienone is 13. The van der Waals surface area contributed by atoms with Gasteiger partial charge in [0.15, 0.2) is 0 Å². The maximum Gasteiger partial charge on any atom is 0.131 e. The van der Waals surface area contributed by atoms with Crippen LogP contribution in [0.15, 0.2) is 208 Å². The van der Waals surface area contributed by atoms with E-state index in [-0.39, 0.29) is 36.3 Å². The first-order chi connectivity index (χ1) is 30.7. The van der Waals surface area contributed by atoms with Crippen LogP contribution in [0, 0.1) is 23.7 Å². The third kappa shape index (κ3) is 6.77. The van der Waals surface area contributed by atoms with E-state index in [1.54, 1.807) is 11.1 Å². The summed E-state index contributed by atoms with van der Waals surface area (Å²) < 4.78 is 6.86. The average Bonchev–Trinajstić information content (AvgIpc) is 3.90. The van der Waals surface area contributed by atoms with Gasteiger partial charge in [-0.05, 0) is 122 Å². The van der Waals surface area contributed by atoms with Gasteiger partial charge in [-0.3, -0.25) is 5.32 Å². The van der Waals surface area contributed by atoms with Crippen LogP contribution in [0.2, 0.25) is 0 Å². The Morgan fingerprint density at radius 1 is 0.726 bits per heavy atom.